The maximum atomic E-state index is 13.6. The summed E-state index contributed by atoms with van der Waals surface area (Å²) >= 11 is 6.52. The third-order valence-corrected chi connectivity index (χ3v) is 5.94. The number of benzene rings is 3. The molecule has 1 amide bonds. The molecule has 4 heteroatoms. The highest BCUT2D eigenvalue weighted by molar-refractivity contribution is 6.30. The van der Waals surface area contributed by atoms with Gasteiger partial charge in [0.1, 0.15) is 5.15 Å². The first kappa shape index (κ1) is 22.0. The van der Waals surface area contributed by atoms with Gasteiger partial charge in [0.25, 0.3) is 5.91 Å². The molecular formula is C28H27ClN2O. The number of hydrogen-bond acceptors (Lipinski definition) is 2. The molecule has 0 aliphatic rings. The predicted octanol–water partition coefficient (Wildman–Crippen LogP) is 7.03. The van der Waals surface area contributed by atoms with E-state index in [1.54, 1.807) is 0 Å². The van der Waals surface area contributed by atoms with E-state index in [2.05, 4.69) is 25.8 Å². The lowest BCUT2D eigenvalue weighted by Gasteiger charge is -2.24. The van der Waals surface area contributed by atoms with Gasteiger partial charge in [-0.3, -0.25) is 4.79 Å². The normalized spacial score (nSPS) is 11.5. The topological polar surface area (TPSA) is 33.2 Å². The average molecular weight is 443 g/mol. The van der Waals surface area contributed by atoms with Crippen LogP contribution in [0.5, 0.6) is 0 Å². The van der Waals surface area contributed by atoms with E-state index >= 15 is 0 Å². The Kier molecular flexibility index (Phi) is 6.29. The highest BCUT2D eigenvalue weighted by atomic mass is 35.5. The number of aromatic nitrogens is 1. The van der Waals surface area contributed by atoms with Crippen molar-refractivity contribution in [3.05, 3.63) is 112 Å². The molecule has 0 radical (unpaired) electrons. The molecule has 0 unspecified atom stereocenters. The molecule has 0 aliphatic carbocycles. The Hall–Kier alpha value is -3.17. The molecule has 1 heterocycles. The minimum absolute atomic E-state index is 0.0291. The minimum Gasteiger partial charge on any atom is -0.330 e. The Balaban J connectivity index is 1.67. The van der Waals surface area contributed by atoms with Crippen LogP contribution in [0.1, 0.15) is 47.8 Å². The standard InChI is InChI=1S/C28H27ClN2O/c1-28(2,3)24-15-13-21(14-16-24)27(32)31(18-20-9-5-4-6-10-20)19-23-17-22-11-7-8-12-25(22)30-26(23)29/h4-17H,18-19H2,1-3H3. The summed E-state index contributed by atoms with van der Waals surface area (Å²) in [4.78, 5) is 19.9. The number of hydrogen-bond donors (Lipinski definition) is 0. The summed E-state index contributed by atoms with van der Waals surface area (Å²) in [5.41, 5.74) is 4.65. The fourth-order valence-corrected chi connectivity index (χ4v) is 3.96. The third-order valence-electron chi connectivity index (χ3n) is 5.61. The van der Waals surface area contributed by atoms with Gasteiger partial charge >= 0.3 is 0 Å². The van der Waals surface area contributed by atoms with Crippen molar-refractivity contribution in [1.82, 2.24) is 9.88 Å². The van der Waals surface area contributed by atoms with E-state index in [-0.39, 0.29) is 11.3 Å². The van der Waals surface area contributed by atoms with E-state index < -0.39 is 0 Å². The van der Waals surface area contributed by atoms with Crippen LogP contribution >= 0.6 is 11.6 Å². The second-order valence-electron chi connectivity index (χ2n) is 9.11. The number of amides is 1. The molecule has 3 aromatic carbocycles. The van der Waals surface area contributed by atoms with Crippen LogP contribution in [0.4, 0.5) is 0 Å². The third kappa shape index (κ3) is 5.00. The van der Waals surface area contributed by atoms with Gasteiger partial charge in [0.05, 0.1) is 5.52 Å². The van der Waals surface area contributed by atoms with Crippen molar-refractivity contribution in [3.63, 3.8) is 0 Å². The average Bonchev–Trinajstić information content (AvgIpc) is 2.79. The van der Waals surface area contributed by atoms with Crippen molar-refractivity contribution in [2.45, 2.75) is 39.3 Å². The van der Waals surface area contributed by atoms with Crippen LogP contribution in [0, 0.1) is 0 Å². The van der Waals surface area contributed by atoms with Gasteiger partial charge in [-0.1, -0.05) is 93.0 Å². The Labute approximate surface area is 194 Å². The van der Waals surface area contributed by atoms with E-state index in [0.29, 0.717) is 23.8 Å². The lowest BCUT2D eigenvalue weighted by molar-refractivity contribution is 0.0730. The molecule has 162 valence electrons. The SMILES string of the molecule is CC(C)(C)c1ccc(C(=O)N(Cc2ccccc2)Cc2cc3ccccc3nc2Cl)cc1. The first-order valence-electron chi connectivity index (χ1n) is 10.8. The van der Waals surface area contributed by atoms with Crippen LogP contribution in [0.2, 0.25) is 5.15 Å². The van der Waals surface area contributed by atoms with Gasteiger partial charge in [-0.25, -0.2) is 4.98 Å². The molecule has 0 saturated carbocycles. The van der Waals surface area contributed by atoms with Gasteiger partial charge < -0.3 is 4.90 Å². The summed E-state index contributed by atoms with van der Waals surface area (Å²) in [5.74, 6) is -0.0291. The zero-order chi connectivity index (χ0) is 22.7. The van der Waals surface area contributed by atoms with Gasteiger partial charge in [0.2, 0.25) is 0 Å². The Morgan fingerprint density at radius 2 is 1.53 bits per heavy atom. The van der Waals surface area contributed by atoms with E-state index in [0.717, 1.165) is 22.0 Å². The predicted molar refractivity (Wildman–Crippen MR) is 132 cm³/mol. The Morgan fingerprint density at radius 1 is 0.875 bits per heavy atom. The number of fused-ring (bicyclic) bond motifs is 1. The maximum Gasteiger partial charge on any atom is 0.254 e. The number of para-hydroxylation sites is 1. The van der Waals surface area contributed by atoms with E-state index in [1.807, 2.05) is 89.8 Å². The van der Waals surface area contributed by atoms with Crippen molar-refractivity contribution in [3.8, 4) is 0 Å². The van der Waals surface area contributed by atoms with Gasteiger partial charge in [0, 0.05) is 29.6 Å². The fraction of sp³-hybridized carbons (Fsp3) is 0.214. The van der Waals surface area contributed by atoms with Crippen LogP contribution in [0.3, 0.4) is 0 Å². The van der Waals surface area contributed by atoms with Crippen LogP contribution in [0.15, 0.2) is 84.9 Å². The summed E-state index contributed by atoms with van der Waals surface area (Å²) in [5, 5.41) is 1.44. The molecule has 32 heavy (non-hydrogen) atoms. The van der Waals surface area contributed by atoms with Crippen LogP contribution in [0.25, 0.3) is 10.9 Å². The zero-order valence-electron chi connectivity index (χ0n) is 18.7. The molecule has 0 spiro atoms. The highest BCUT2D eigenvalue weighted by Crippen LogP contribution is 2.25. The summed E-state index contributed by atoms with van der Waals surface area (Å²) in [6.45, 7) is 7.37. The van der Waals surface area contributed by atoms with Crippen LogP contribution < -0.4 is 0 Å². The number of rotatable bonds is 5. The first-order valence-corrected chi connectivity index (χ1v) is 11.2. The quantitative estimate of drug-likeness (QED) is 0.311. The Morgan fingerprint density at radius 3 is 2.22 bits per heavy atom. The fourth-order valence-electron chi connectivity index (χ4n) is 3.75. The Bertz CT molecular complexity index is 1230. The molecule has 0 N–H and O–H groups in total. The lowest BCUT2D eigenvalue weighted by Crippen LogP contribution is -2.30. The monoisotopic (exact) mass is 442 g/mol. The van der Waals surface area contributed by atoms with Crippen LogP contribution in [-0.4, -0.2) is 15.8 Å². The van der Waals surface area contributed by atoms with E-state index in [1.165, 1.54) is 5.56 Å². The number of carbonyl (C=O) groups excluding carboxylic acids is 1. The molecule has 0 aliphatic heterocycles. The number of nitrogens with zero attached hydrogens (tertiary/aromatic N) is 2. The summed E-state index contributed by atoms with van der Waals surface area (Å²) < 4.78 is 0. The first-order chi connectivity index (χ1) is 15.3. The number of halogens is 1. The molecule has 0 atom stereocenters. The lowest BCUT2D eigenvalue weighted by atomic mass is 9.86. The summed E-state index contributed by atoms with van der Waals surface area (Å²) in [6.07, 6.45) is 0. The highest BCUT2D eigenvalue weighted by Gasteiger charge is 2.20. The van der Waals surface area contributed by atoms with Crippen molar-refractivity contribution < 1.29 is 4.79 Å². The zero-order valence-corrected chi connectivity index (χ0v) is 19.4. The van der Waals surface area contributed by atoms with Crippen molar-refractivity contribution in [2.24, 2.45) is 0 Å². The molecule has 0 bridgehead atoms. The smallest absolute Gasteiger partial charge is 0.254 e. The van der Waals surface area contributed by atoms with Gasteiger partial charge in [-0.05, 0) is 40.8 Å². The van der Waals surface area contributed by atoms with Crippen molar-refractivity contribution >= 4 is 28.4 Å². The molecule has 0 saturated heterocycles. The molecule has 0 fully saturated rings. The summed E-state index contributed by atoms with van der Waals surface area (Å²) in [6, 6.07) is 27.8. The summed E-state index contributed by atoms with van der Waals surface area (Å²) in [7, 11) is 0. The largest absolute Gasteiger partial charge is 0.330 e. The molecule has 1 aromatic heterocycles. The van der Waals surface area contributed by atoms with Gasteiger partial charge in [-0.15, -0.1) is 0 Å². The molecule has 3 nitrogen and oxygen atoms in total. The second-order valence-corrected chi connectivity index (χ2v) is 9.46. The molecule has 4 aromatic rings. The van der Waals surface area contributed by atoms with Crippen LogP contribution in [-0.2, 0) is 18.5 Å². The van der Waals surface area contributed by atoms with Crippen molar-refractivity contribution in [2.75, 3.05) is 0 Å². The second kappa shape index (κ2) is 9.13. The van der Waals surface area contributed by atoms with Gasteiger partial charge in [-0.2, -0.15) is 0 Å². The maximum absolute atomic E-state index is 13.6. The molecular weight excluding hydrogens is 416 g/mol. The number of carbonyl (C=O) groups is 1. The van der Waals surface area contributed by atoms with Gasteiger partial charge in [0.15, 0.2) is 0 Å². The van der Waals surface area contributed by atoms with Crippen molar-refractivity contribution in [1.29, 1.82) is 0 Å². The minimum atomic E-state index is -0.0291. The molecule has 4 rings (SSSR count). The van der Waals surface area contributed by atoms with E-state index in [9.17, 15) is 4.79 Å². The number of pyridine rings is 1. The van der Waals surface area contributed by atoms with E-state index in [4.69, 9.17) is 11.6 Å².